The number of hydrogen-bond acceptors (Lipinski definition) is 4. The van der Waals surface area contributed by atoms with Gasteiger partial charge in [0.25, 0.3) is 0 Å². The van der Waals surface area contributed by atoms with Crippen LogP contribution in [0.1, 0.15) is 29.5 Å². The summed E-state index contributed by atoms with van der Waals surface area (Å²) in [4.78, 5) is 12.4. The quantitative estimate of drug-likeness (QED) is 0.672. The molecule has 3 rings (SSSR count). The zero-order valence-corrected chi connectivity index (χ0v) is 17.8. The molecule has 1 saturated heterocycles. The number of hydrogen-bond donors (Lipinski definition) is 1. The lowest BCUT2D eigenvalue weighted by atomic mass is 10.0. The Balaban J connectivity index is 1.44. The summed E-state index contributed by atoms with van der Waals surface area (Å²) >= 11 is 0. The molecule has 0 radical (unpaired) electrons. The van der Waals surface area contributed by atoms with Crippen molar-refractivity contribution in [3.05, 3.63) is 59.2 Å². The summed E-state index contributed by atoms with van der Waals surface area (Å²) in [6.45, 7) is 5.88. The Morgan fingerprint density at radius 2 is 1.76 bits per heavy atom. The Labute approximate surface area is 172 Å². The van der Waals surface area contributed by atoms with E-state index in [9.17, 15) is 13.2 Å². The highest BCUT2D eigenvalue weighted by molar-refractivity contribution is 7.89. The maximum Gasteiger partial charge on any atom is 0.243 e. The van der Waals surface area contributed by atoms with Gasteiger partial charge >= 0.3 is 0 Å². The molecule has 0 bridgehead atoms. The van der Waals surface area contributed by atoms with Crippen LogP contribution in [0, 0.1) is 13.8 Å². The molecule has 2 aromatic rings. The molecule has 0 atom stereocenters. The van der Waals surface area contributed by atoms with E-state index in [2.05, 4.69) is 5.32 Å². The van der Waals surface area contributed by atoms with Crippen molar-refractivity contribution in [2.24, 2.45) is 0 Å². The van der Waals surface area contributed by atoms with Crippen molar-refractivity contribution in [3.8, 4) is 5.75 Å². The summed E-state index contributed by atoms with van der Waals surface area (Å²) < 4.78 is 32.2. The fourth-order valence-corrected chi connectivity index (χ4v) is 4.89. The molecule has 0 spiro atoms. The topological polar surface area (TPSA) is 75.7 Å². The third-order valence-corrected chi connectivity index (χ3v) is 6.99. The van der Waals surface area contributed by atoms with Crippen LogP contribution in [0.2, 0.25) is 0 Å². The molecule has 0 saturated carbocycles. The van der Waals surface area contributed by atoms with E-state index in [1.54, 1.807) is 24.3 Å². The lowest BCUT2D eigenvalue weighted by Crippen LogP contribution is -2.29. The number of ether oxygens (including phenoxy) is 1. The number of nitrogens with one attached hydrogen (secondary N) is 1. The van der Waals surface area contributed by atoms with Crippen molar-refractivity contribution >= 4 is 15.9 Å². The molecular weight excluding hydrogens is 388 g/mol. The molecule has 1 heterocycles. The van der Waals surface area contributed by atoms with Crippen LogP contribution in [0.4, 0.5) is 0 Å². The maximum atomic E-state index is 12.5. The van der Waals surface area contributed by atoms with Gasteiger partial charge in [-0.05, 0) is 62.1 Å². The second-order valence-corrected chi connectivity index (χ2v) is 9.33. The van der Waals surface area contributed by atoms with Gasteiger partial charge in [-0.1, -0.05) is 23.8 Å². The number of carbonyl (C=O) groups excluding carboxylic acids is 1. The van der Waals surface area contributed by atoms with E-state index in [4.69, 9.17) is 4.74 Å². The molecule has 6 nitrogen and oxygen atoms in total. The normalized spacial score (nSPS) is 14.7. The van der Waals surface area contributed by atoms with E-state index < -0.39 is 10.0 Å². The highest BCUT2D eigenvalue weighted by Gasteiger charge is 2.26. The predicted molar refractivity (Wildman–Crippen MR) is 113 cm³/mol. The molecule has 0 unspecified atom stereocenters. The van der Waals surface area contributed by atoms with Gasteiger partial charge in [-0.3, -0.25) is 4.79 Å². The molecular formula is C22H28N2O4S. The van der Waals surface area contributed by atoms with Crippen LogP contribution in [-0.2, 0) is 21.2 Å². The minimum atomic E-state index is -3.41. The monoisotopic (exact) mass is 416 g/mol. The molecule has 1 amide bonds. The standard InChI is InChI=1S/C22H28N2O4S/c1-17-5-6-18(2)19(15-17)16-22(25)23-11-14-28-20-7-9-21(10-8-20)29(26,27)24-12-3-4-13-24/h5-10,15H,3-4,11-14,16H2,1-2H3,(H,23,25). The average Bonchev–Trinajstić information content (AvgIpc) is 3.24. The molecule has 0 aromatic heterocycles. The lowest BCUT2D eigenvalue weighted by Gasteiger charge is -2.15. The van der Waals surface area contributed by atoms with Crippen molar-refractivity contribution in [1.82, 2.24) is 9.62 Å². The Morgan fingerprint density at radius 1 is 1.07 bits per heavy atom. The van der Waals surface area contributed by atoms with E-state index in [1.807, 2.05) is 32.0 Å². The molecule has 1 aliphatic rings. The van der Waals surface area contributed by atoms with E-state index in [1.165, 1.54) is 4.31 Å². The minimum absolute atomic E-state index is 0.0469. The van der Waals surface area contributed by atoms with Crippen molar-refractivity contribution in [3.63, 3.8) is 0 Å². The van der Waals surface area contributed by atoms with Crippen LogP contribution >= 0.6 is 0 Å². The number of rotatable bonds is 8. The highest BCUT2D eigenvalue weighted by atomic mass is 32.2. The second-order valence-electron chi connectivity index (χ2n) is 7.39. The highest BCUT2D eigenvalue weighted by Crippen LogP contribution is 2.22. The van der Waals surface area contributed by atoms with Crippen LogP contribution in [-0.4, -0.2) is 44.9 Å². The Kier molecular flexibility index (Phi) is 6.92. The van der Waals surface area contributed by atoms with E-state index >= 15 is 0 Å². The number of benzene rings is 2. The molecule has 156 valence electrons. The zero-order chi connectivity index (χ0) is 20.9. The third kappa shape index (κ3) is 5.58. The van der Waals surface area contributed by atoms with Crippen molar-refractivity contribution in [2.75, 3.05) is 26.2 Å². The van der Waals surface area contributed by atoms with Gasteiger partial charge < -0.3 is 10.1 Å². The maximum absolute atomic E-state index is 12.5. The molecule has 1 N–H and O–H groups in total. The first-order valence-corrected chi connectivity index (χ1v) is 11.4. The summed E-state index contributed by atoms with van der Waals surface area (Å²) in [6.07, 6.45) is 2.17. The van der Waals surface area contributed by atoms with E-state index in [-0.39, 0.29) is 10.8 Å². The van der Waals surface area contributed by atoms with Gasteiger partial charge in [0.15, 0.2) is 0 Å². The van der Waals surface area contributed by atoms with Crippen molar-refractivity contribution < 1.29 is 17.9 Å². The minimum Gasteiger partial charge on any atom is -0.492 e. The largest absolute Gasteiger partial charge is 0.492 e. The van der Waals surface area contributed by atoms with E-state index in [0.717, 1.165) is 29.5 Å². The first kappa shape index (κ1) is 21.3. The smallest absolute Gasteiger partial charge is 0.243 e. The Bertz CT molecular complexity index is 949. The summed E-state index contributed by atoms with van der Waals surface area (Å²) in [5.74, 6) is 0.531. The Morgan fingerprint density at radius 3 is 2.45 bits per heavy atom. The molecule has 2 aromatic carbocycles. The molecule has 1 aliphatic heterocycles. The summed E-state index contributed by atoms with van der Waals surface area (Å²) in [5, 5.41) is 2.85. The number of carbonyl (C=O) groups is 1. The molecule has 29 heavy (non-hydrogen) atoms. The fraction of sp³-hybridized carbons (Fsp3) is 0.409. The van der Waals surface area contributed by atoms with Gasteiger partial charge in [0.1, 0.15) is 12.4 Å². The van der Waals surface area contributed by atoms with Gasteiger partial charge in [0, 0.05) is 13.1 Å². The van der Waals surface area contributed by atoms with Crippen LogP contribution in [0.5, 0.6) is 5.75 Å². The molecule has 0 aliphatic carbocycles. The lowest BCUT2D eigenvalue weighted by molar-refractivity contribution is -0.120. The van der Waals surface area contributed by atoms with Crippen molar-refractivity contribution in [1.29, 1.82) is 0 Å². The average molecular weight is 417 g/mol. The number of sulfonamides is 1. The predicted octanol–water partition coefficient (Wildman–Crippen LogP) is 2.83. The second kappa shape index (κ2) is 9.41. The van der Waals surface area contributed by atoms with Crippen LogP contribution in [0.3, 0.4) is 0 Å². The first-order valence-electron chi connectivity index (χ1n) is 9.92. The summed E-state index contributed by atoms with van der Waals surface area (Å²) in [5.41, 5.74) is 3.26. The van der Waals surface area contributed by atoms with E-state index in [0.29, 0.717) is 38.4 Å². The number of nitrogens with zero attached hydrogens (tertiary/aromatic N) is 1. The first-order chi connectivity index (χ1) is 13.9. The van der Waals surface area contributed by atoms with Gasteiger partial charge in [-0.15, -0.1) is 0 Å². The van der Waals surface area contributed by atoms with Gasteiger partial charge in [-0.25, -0.2) is 8.42 Å². The van der Waals surface area contributed by atoms with Crippen molar-refractivity contribution in [2.45, 2.75) is 38.0 Å². The molecule has 1 fully saturated rings. The SMILES string of the molecule is Cc1ccc(C)c(CC(=O)NCCOc2ccc(S(=O)(=O)N3CCCC3)cc2)c1. The van der Waals surface area contributed by atoms with Crippen LogP contribution in [0.15, 0.2) is 47.4 Å². The fourth-order valence-electron chi connectivity index (χ4n) is 3.37. The van der Waals surface area contributed by atoms with Crippen LogP contribution < -0.4 is 10.1 Å². The van der Waals surface area contributed by atoms with Crippen LogP contribution in [0.25, 0.3) is 0 Å². The van der Waals surface area contributed by atoms with Gasteiger partial charge in [-0.2, -0.15) is 4.31 Å². The third-order valence-electron chi connectivity index (χ3n) is 5.08. The number of aryl methyl sites for hydroxylation is 2. The molecule has 7 heteroatoms. The Hall–Kier alpha value is -2.38. The number of amides is 1. The summed E-state index contributed by atoms with van der Waals surface area (Å²) in [6, 6.07) is 12.5. The zero-order valence-electron chi connectivity index (χ0n) is 17.0. The van der Waals surface area contributed by atoms with Gasteiger partial charge in [0.05, 0.1) is 17.9 Å². The van der Waals surface area contributed by atoms with Gasteiger partial charge in [0.2, 0.25) is 15.9 Å². The summed E-state index contributed by atoms with van der Waals surface area (Å²) in [7, 11) is -3.41.